The summed E-state index contributed by atoms with van der Waals surface area (Å²) in [4.78, 5) is 14.3. The summed E-state index contributed by atoms with van der Waals surface area (Å²) in [5.41, 5.74) is 8.02. The molecule has 0 atom stereocenters. The van der Waals surface area contributed by atoms with E-state index in [-0.39, 0.29) is 11.9 Å². The lowest BCUT2D eigenvalue weighted by molar-refractivity contribution is 0.0723. The van der Waals surface area contributed by atoms with Gasteiger partial charge in [0.15, 0.2) is 0 Å². The van der Waals surface area contributed by atoms with E-state index in [0.29, 0.717) is 12.1 Å². The van der Waals surface area contributed by atoms with Crippen LogP contribution in [0.5, 0.6) is 0 Å². The molecule has 0 spiro atoms. The Balaban J connectivity index is 3.05. The minimum Gasteiger partial charge on any atom is -0.339 e. The van der Waals surface area contributed by atoms with Gasteiger partial charge in [-0.05, 0) is 37.5 Å². The molecule has 0 aliphatic rings. The van der Waals surface area contributed by atoms with E-state index in [9.17, 15) is 4.79 Å². The molecular formula is C17H24N2O. The summed E-state index contributed by atoms with van der Waals surface area (Å²) in [7, 11) is 1.87. The minimum atomic E-state index is 0.0505. The molecule has 1 aromatic rings. The highest BCUT2D eigenvalue weighted by atomic mass is 16.2. The van der Waals surface area contributed by atoms with Crippen LogP contribution in [0.25, 0.3) is 0 Å². The summed E-state index contributed by atoms with van der Waals surface area (Å²) in [6.07, 6.45) is 1.93. The number of hydrogen-bond acceptors (Lipinski definition) is 2. The normalized spacial score (nSPS) is 10.1. The van der Waals surface area contributed by atoms with Crippen LogP contribution in [0, 0.1) is 18.8 Å². The van der Waals surface area contributed by atoms with Crippen LogP contribution in [-0.2, 0) is 0 Å². The molecule has 20 heavy (non-hydrogen) atoms. The summed E-state index contributed by atoms with van der Waals surface area (Å²) >= 11 is 0. The fourth-order valence-electron chi connectivity index (χ4n) is 2.24. The molecular weight excluding hydrogens is 248 g/mol. The molecule has 0 radical (unpaired) electrons. The molecule has 0 bridgehead atoms. The number of amides is 1. The third kappa shape index (κ3) is 3.85. The van der Waals surface area contributed by atoms with Gasteiger partial charge in [-0.2, -0.15) is 0 Å². The van der Waals surface area contributed by atoms with E-state index in [2.05, 4.69) is 25.7 Å². The maximum absolute atomic E-state index is 12.5. The van der Waals surface area contributed by atoms with E-state index in [1.807, 2.05) is 37.1 Å². The zero-order valence-corrected chi connectivity index (χ0v) is 12.9. The topological polar surface area (TPSA) is 46.3 Å². The van der Waals surface area contributed by atoms with E-state index in [1.54, 1.807) is 0 Å². The van der Waals surface area contributed by atoms with Gasteiger partial charge < -0.3 is 10.6 Å². The molecule has 1 aromatic carbocycles. The van der Waals surface area contributed by atoms with Gasteiger partial charge in [0.25, 0.3) is 5.91 Å². The van der Waals surface area contributed by atoms with E-state index in [4.69, 9.17) is 5.73 Å². The van der Waals surface area contributed by atoms with Gasteiger partial charge in [-0.25, -0.2) is 0 Å². The summed E-state index contributed by atoms with van der Waals surface area (Å²) in [6, 6.07) is 5.94. The lowest BCUT2D eigenvalue weighted by Crippen LogP contribution is -2.36. The van der Waals surface area contributed by atoms with Crippen molar-refractivity contribution in [2.24, 2.45) is 5.73 Å². The second kappa shape index (κ2) is 7.72. The van der Waals surface area contributed by atoms with E-state index in [1.165, 1.54) is 0 Å². The molecule has 108 valence electrons. The van der Waals surface area contributed by atoms with Crippen LogP contribution in [0.15, 0.2) is 18.2 Å². The van der Waals surface area contributed by atoms with Gasteiger partial charge in [0.1, 0.15) is 0 Å². The lowest BCUT2D eigenvalue weighted by Gasteiger charge is -2.26. The van der Waals surface area contributed by atoms with E-state index in [0.717, 1.165) is 24.0 Å². The standard InChI is InChI=1S/C17H24N2O/c1-5-16(6-2)19(4)17(20)15-10-9-13(3)14(12-15)8-7-11-18/h9-10,12,16H,5-6,11,18H2,1-4H3. The van der Waals surface area contributed by atoms with Crippen molar-refractivity contribution in [3.05, 3.63) is 34.9 Å². The van der Waals surface area contributed by atoms with Crippen molar-refractivity contribution in [3.63, 3.8) is 0 Å². The number of benzene rings is 1. The highest BCUT2D eigenvalue weighted by Gasteiger charge is 2.18. The zero-order valence-electron chi connectivity index (χ0n) is 12.9. The number of nitrogens with zero attached hydrogens (tertiary/aromatic N) is 1. The second-order valence-electron chi connectivity index (χ2n) is 4.92. The quantitative estimate of drug-likeness (QED) is 0.856. The Morgan fingerprint density at radius 1 is 1.35 bits per heavy atom. The SMILES string of the molecule is CCC(CC)N(C)C(=O)c1ccc(C)c(C#CCN)c1. The predicted molar refractivity (Wildman–Crippen MR) is 83.6 cm³/mol. The summed E-state index contributed by atoms with van der Waals surface area (Å²) in [5, 5.41) is 0. The molecule has 0 aromatic heterocycles. The number of rotatable bonds is 4. The molecule has 0 saturated carbocycles. The Morgan fingerprint density at radius 2 is 2.00 bits per heavy atom. The summed E-state index contributed by atoms with van der Waals surface area (Å²) < 4.78 is 0. The minimum absolute atomic E-state index is 0.0505. The van der Waals surface area contributed by atoms with Gasteiger partial charge in [-0.3, -0.25) is 4.79 Å². The average Bonchev–Trinajstić information content (AvgIpc) is 2.46. The van der Waals surface area contributed by atoms with Crippen molar-refractivity contribution in [1.29, 1.82) is 0 Å². The fourth-order valence-corrected chi connectivity index (χ4v) is 2.24. The highest BCUT2D eigenvalue weighted by Crippen LogP contribution is 2.15. The van der Waals surface area contributed by atoms with Gasteiger partial charge in [0.2, 0.25) is 0 Å². The average molecular weight is 272 g/mol. The molecule has 3 nitrogen and oxygen atoms in total. The molecule has 3 heteroatoms. The van der Waals surface area contributed by atoms with Crippen LogP contribution in [0.1, 0.15) is 48.2 Å². The van der Waals surface area contributed by atoms with Gasteiger partial charge >= 0.3 is 0 Å². The van der Waals surface area contributed by atoms with Gasteiger partial charge in [0.05, 0.1) is 6.54 Å². The maximum atomic E-state index is 12.5. The Kier molecular flexibility index (Phi) is 6.27. The fraction of sp³-hybridized carbons (Fsp3) is 0.471. The van der Waals surface area contributed by atoms with Crippen LogP contribution in [0.4, 0.5) is 0 Å². The maximum Gasteiger partial charge on any atom is 0.253 e. The van der Waals surface area contributed by atoms with Gasteiger partial charge in [0, 0.05) is 24.2 Å². The largest absolute Gasteiger partial charge is 0.339 e. The van der Waals surface area contributed by atoms with Gasteiger partial charge in [-0.1, -0.05) is 31.8 Å². The Bertz CT molecular complexity index is 522. The Labute approximate surface area is 122 Å². The third-order valence-electron chi connectivity index (χ3n) is 3.62. The first-order chi connectivity index (χ1) is 9.54. The molecule has 0 unspecified atom stereocenters. The van der Waals surface area contributed by atoms with Crippen LogP contribution >= 0.6 is 0 Å². The van der Waals surface area contributed by atoms with Crippen molar-refractivity contribution in [3.8, 4) is 11.8 Å². The van der Waals surface area contributed by atoms with Crippen molar-refractivity contribution in [1.82, 2.24) is 4.90 Å². The van der Waals surface area contributed by atoms with Gasteiger partial charge in [-0.15, -0.1) is 0 Å². The Morgan fingerprint density at radius 3 is 2.55 bits per heavy atom. The smallest absolute Gasteiger partial charge is 0.253 e. The molecule has 0 aliphatic heterocycles. The summed E-state index contributed by atoms with van der Waals surface area (Å²) in [5.74, 6) is 5.91. The first-order valence-electron chi connectivity index (χ1n) is 7.11. The van der Waals surface area contributed by atoms with Crippen LogP contribution in [0.3, 0.4) is 0 Å². The first-order valence-corrected chi connectivity index (χ1v) is 7.11. The Hall–Kier alpha value is -1.79. The third-order valence-corrected chi connectivity index (χ3v) is 3.62. The monoisotopic (exact) mass is 272 g/mol. The lowest BCUT2D eigenvalue weighted by atomic mass is 10.0. The molecule has 0 fully saturated rings. The zero-order chi connectivity index (χ0) is 15.1. The van der Waals surface area contributed by atoms with Crippen LogP contribution in [0.2, 0.25) is 0 Å². The second-order valence-corrected chi connectivity index (χ2v) is 4.92. The number of carbonyl (C=O) groups is 1. The number of aryl methyl sites for hydroxylation is 1. The molecule has 0 heterocycles. The first kappa shape index (κ1) is 16.3. The van der Waals surface area contributed by atoms with Crippen LogP contribution in [-0.4, -0.2) is 30.4 Å². The molecule has 0 saturated heterocycles. The van der Waals surface area contributed by atoms with Crippen LogP contribution < -0.4 is 5.73 Å². The molecule has 0 aliphatic carbocycles. The number of hydrogen-bond donors (Lipinski definition) is 1. The van der Waals surface area contributed by atoms with E-state index >= 15 is 0 Å². The molecule has 1 amide bonds. The molecule has 2 N–H and O–H groups in total. The predicted octanol–water partition coefficient (Wildman–Crippen LogP) is 2.57. The molecule has 1 rings (SSSR count). The van der Waals surface area contributed by atoms with Crippen molar-refractivity contribution in [2.45, 2.75) is 39.7 Å². The van der Waals surface area contributed by atoms with Crippen molar-refractivity contribution < 1.29 is 4.79 Å². The summed E-state index contributed by atoms with van der Waals surface area (Å²) in [6.45, 7) is 6.52. The number of nitrogens with two attached hydrogens (primary N) is 1. The van der Waals surface area contributed by atoms with Crippen molar-refractivity contribution in [2.75, 3.05) is 13.6 Å². The number of carbonyl (C=O) groups excluding carboxylic acids is 1. The van der Waals surface area contributed by atoms with Crippen molar-refractivity contribution >= 4 is 5.91 Å². The highest BCUT2D eigenvalue weighted by molar-refractivity contribution is 5.94. The van der Waals surface area contributed by atoms with E-state index < -0.39 is 0 Å².